The minimum absolute atomic E-state index is 0.291. The normalized spacial score (nSPS) is 24.2. The molecular weight excluding hydrogens is 238 g/mol. The standard InChI is InChI=1S/C12H19NO5/c1-12(2,3)7-5-8(11(17)18-4)13(10(7)16)6-9(14)15/h7-8H,5-6H2,1-4H3,(H,14,15)/t7-,8?/m0/s1. The van der Waals surface area contributed by atoms with Crippen molar-refractivity contribution in [3.05, 3.63) is 0 Å². The van der Waals surface area contributed by atoms with E-state index >= 15 is 0 Å². The Morgan fingerprint density at radius 2 is 2.00 bits per heavy atom. The van der Waals surface area contributed by atoms with Crippen molar-refractivity contribution in [3.8, 4) is 0 Å². The van der Waals surface area contributed by atoms with Gasteiger partial charge < -0.3 is 14.7 Å². The average Bonchev–Trinajstić information content (AvgIpc) is 2.54. The van der Waals surface area contributed by atoms with Gasteiger partial charge in [-0.15, -0.1) is 0 Å². The van der Waals surface area contributed by atoms with Gasteiger partial charge in [-0.25, -0.2) is 4.79 Å². The second-order valence-electron chi connectivity index (χ2n) is 5.55. The van der Waals surface area contributed by atoms with Crippen molar-refractivity contribution in [1.82, 2.24) is 4.90 Å². The van der Waals surface area contributed by atoms with Crippen LogP contribution in [0.2, 0.25) is 0 Å². The number of hydrogen-bond acceptors (Lipinski definition) is 4. The van der Waals surface area contributed by atoms with Crippen molar-refractivity contribution in [3.63, 3.8) is 0 Å². The lowest BCUT2D eigenvalue weighted by Gasteiger charge is -2.25. The molecule has 6 heteroatoms. The van der Waals surface area contributed by atoms with Crippen LogP contribution < -0.4 is 0 Å². The largest absolute Gasteiger partial charge is 0.480 e. The first-order chi connectivity index (χ1) is 8.18. The molecule has 1 rings (SSSR count). The van der Waals surface area contributed by atoms with Crippen molar-refractivity contribution < 1.29 is 24.2 Å². The van der Waals surface area contributed by atoms with Crippen LogP contribution in [-0.4, -0.2) is 47.5 Å². The van der Waals surface area contributed by atoms with Gasteiger partial charge in [0.15, 0.2) is 0 Å². The zero-order valence-corrected chi connectivity index (χ0v) is 11.1. The minimum atomic E-state index is -1.13. The number of rotatable bonds is 3. The lowest BCUT2D eigenvalue weighted by atomic mass is 9.79. The van der Waals surface area contributed by atoms with Crippen molar-refractivity contribution in [2.75, 3.05) is 13.7 Å². The molecule has 6 nitrogen and oxygen atoms in total. The third kappa shape index (κ3) is 2.80. The Labute approximate surface area is 106 Å². The zero-order chi connectivity index (χ0) is 14.1. The number of nitrogens with zero attached hydrogens (tertiary/aromatic N) is 1. The maximum Gasteiger partial charge on any atom is 0.328 e. The zero-order valence-electron chi connectivity index (χ0n) is 11.1. The van der Waals surface area contributed by atoms with E-state index in [1.807, 2.05) is 20.8 Å². The molecule has 0 aromatic heterocycles. The summed E-state index contributed by atoms with van der Waals surface area (Å²) in [6.45, 7) is 5.22. The number of amides is 1. The minimum Gasteiger partial charge on any atom is -0.480 e. The molecule has 102 valence electrons. The molecule has 0 aromatic carbocycles. The Kier molecular flexibility index (Phi) is 3.98. The van der Waals surface area contributed by atoms with Crippen LogP contribution in [0.15, 0.2) is 0 Å². The molecule has 2 atom stereocenters. The number of carboxylic acids is 1. The fraction of sp³-hybridized carbons (Fsp3) is 0.750. The van der Waals surface area contributed by atoms with Gasteiger partial charge in [0.05, 0.1) is 7.11 Å². The molecule has 1 aliphatic rings. The number of ether oxygens (including phenoxy) is 1. The van der Waals surface area contributed by atoms with Crippen LogP contribution in [0.25, 0.3) is 0 Å². The molecular formula is C12H19NO5. The summed E-state index contributed by atoms with van der Waals surface area (Å²) in [5.74, 6) is -2.34. The molecule has 0 aromatic rings. The van der Waals surface area contributed by atoms with Crippen LogP contribution >= 0.6 is 0 Å². The summed E-state index contributed by atoms with van der Waals surface area (Å²) in [7, 11) is 1.23. The summed E-state index contributed by atoms with van der Waals surface area (Å²) in [6, 6.07) is -0.789. The maximum absolute atomic E-state index is 12.2. The van der Waals surface area contributed by atoms with Gasteiger partial charge in [-0.1, -0.05) is 20.8 Å². The molecule has 0 saturated carbocycles. The van der Waals surface area contributed by atoms with E-state index in [1.54, 1.807) is 0 Å². The molecule has 1 N–H and O–H groups in total. The average molecular weight is 257 g/mol. The lowest BCUT2D eigenvalue weighted by molar-refractivity contribution is -0.153. The highest BCUT2D eigenvalue weighted by Crippen LogP contribution is 2.38. The number of likely N-dealkylation sites (tertiary alicyclic amines) is 1. The van der Waals surface area contributed by atoms with E-state index in [4.69, 9.17) is 5.11 Å². The number of hydrogen-bond donors (Lipinski definition) is 1. The number of carboxylic acid groups (broad SMARTS) is 1. The molecule has 1 heterocycles. The third-order valence-corrected chi connectivity index (χ3v) is 3.24. The number of aliphatic carboxylic acids is 1. The molecule has 0 spiro atoms. The Morgan fingerprint density at radius 3 is 2.39 bits per heavy atom. The summed E-state index contributed by atoms with van der Waals surface area (Å²) in [5, 5.41) is 8.81. The number of carbonyl (C=O) groups excluding carboxylic acids is 2. The first-order valence-electron chi connectivity index (χ1n) is 5.78. The van der Waals surface area contributed by atoms with Gasteiger partial charge in [0.25, 0.3) is 0 Å². The summed E-state index contributed by atoms with van der Waals surface area (Å²) >= 11 is 0. The quantitative estimate of drug-likeness (QED) is 0.745. The number of methoxy groups -OCH3 is 1. The van der Waals surface area contributed by atoms with E-state index in [-0.39, 0.29) is 17.2 Å². The van der Waals surface area contributed by atoms with Crippen LogP contribution in [0, 0.1) is 11.3 Å². The molecule has 0 radical (unpaired) electrons. The number of carbonyl (C=O) groups is 3. The Hall–Kier alpha value is -1.59. The van der Waals surface area contributed by atoms with Gasteiger partial charge in [-0.2, -0.15) is 0 Å². The highest BCUT2D eigenvalue weighted by Gasteiger charge is 2.48. The second kappa shape index (κ2) is 4.96. The monoisotopic (exact) mass is 257 g/mol. The molecule has 18 heavy (non-hydrogen) atoms. The topological polar surface area (TPSA) is 83.9 Å². The van der Waals surface area contributed by atoms with E-state index in [0.29, 0.717) is 6.42 Å². The van der Waals surface area contributed by atoms with E-state index < -0.39 is 24.5 Å². The third-order valence-electron chi connectivity index (χ3n) is 3.24. The molecule has 1 unspecified atom stereocenters. The molecule has 1 fully saturated rings. The molecule has 0 aliphatic carbocycles. The van der Waals surface area contributed by atoms with Crippen molar-refractivity contribution in [2.24, 2.45) is 11.3 Å². The van der Waals surface area contributed by atoms with Crippen molar-refractivity contribution in [2.45, 2.75) is 33.2 Å². The van der Waals surface area contributed by atoms with Crippen LogP contribution in [-0.2, 0) is 19.1 Å². The highest BCUT2D eigenvalue weighted by atomic mass is 16.5. The first kappa shape index (κ1) is 14.5. The molecule has 1 aliphatic heterocycles. The summed E-state index contributed by atoms with van der Waals surface area (Å²) < 4.78 is 4.63. The first-order valence-corrected chi connectivity index (χ1v) is 5.78. The van der Waals surface area contributed by atoms with Crippen LogP contribution in [0.3, 0.4) is 0 Å². The second-order valence-corrected chi connectivity index (χ2v) is 5.55. The summed E-state index contributed by atoms with van der Waals surface area (Å²) in [5.41, 5.74) is -0.309. The SMILES string of the molecule is COC(=O)C1C[C@H](C(C)(C)C)C(=O)N1CC(=O)O. The smallest absolute Gasteiger partial charge is 0.328 e. The van der Waals surface area contributed by atoms with E-state index in [2.05, 4.69) is 4.74 Å². The van der Waals surface area contributed by atoms with E-state index in [1.165, 1.54) is 7.11 Å². The van der Waals surface area contributed by atoms with E-state index in [9.17, 15) is 14.4 Å². The predicted octanol–water partition coefficient (Wildman–Crippen LogP) is 0.507. The summed E-state index contributed by atoms with van der Waals surface area (Å²) in [4.78, 5) is 35.7. The van der Waals surface area contributed by atoms with Crippen LogP contribution in [0.5, 0.6) is 0 Å². The van der Waals surface area contributed by atoms with Gasteiger partial charge in [0.2, 0.25) is 5.91 Å². The van der Waals surface area contributed by atoms with E-state index in [0.717, 1.165) is 4.90 Å². The van der Waals surface area contributed by atoms with Crippen LogP contribution in [0.4, 0.5) is 0 Å². The molecule has 0 bridgehead atoms. The highest BCUT2D eigenvalue weighted by molar-refractivity contribution is 5.92. The predicted molar refractivity (Wildman–Crippen MR) is 62.7 cm³/mol. The fourth-order valence-corrected chi connectivity index (χ4v) is 2.22. The van der Waals surface area contributed by atoms with Gasteiger partial charge in [0.1, 0.15) is 12.6 Å². The fourth-order valence-electron chi connectivity index (χ4n) is 2.22. The maximum atomic E-state index is 12.2. The Morgan fingerprint density at radius 1 is 1.44 bits per heavy atom. The van der Waals surface area contributed by atoms with Gasteiger partial charge in [-0.3, -0.25) is 9.59 Å². The summed E-state index contributed by atoms with van der Waals surface area (Å²) in [6.07, 6.45) is 0.308. The Balaban J connectivity index is 2.99. The molecule has 1 amide bonds. The van der Waals surface area contributed by atoms with Crippen molar-refractivity contribution in [1.29, 1.82) is 0 Å². The molecule has 1 saturated heterocycles. The number of esters is 1. The van der Waals surface area contributed by atoms with Gasteiger partial charge >= 0.3 is 11.9 Å². The van der Waals surface area contributed by atoms with Crippen LogP contribution in [0.1, 0.15) is 27.2 Å². The van der Waals surface area contributed by atoms with Crippen molar-refractivity contribution >= 4 is 17.8 Å². The van der Waals surface area contributed by atoms with Gasteiger partial charge in [0, 0.05) is 5.92 Å². The Bertz CT molecular complexity index is 371. The lowest BCUT2D eigenvalue weighted by Crippen LogP contribution is -2.43. The van der Waals surface area contributed by atoms with Gasteiger partial charge in [-0.05, 0) is 11.8 Å².